The standard InChI is InChI=1S/C22H25FN6O/c23-19-9-11-20(12-10-19)29-21(24-25-26-29)17-27-13-15-28(16-14-27)22(30)8-4-7-18-5-2-1-3-6-18/h1-3,5-6,9-12H,4,7-8,13-17H2. The molecule has 0 atom stereocenters. The first-order valence-corrected chi connectivity index (χ1v) is 10.3. The Morgan fingerprint density at radius 1 is 0.967 bits per heavy atom. The van der Waals surface area contributed by atoms with Crippen LogP contribution in [0.1, 0.15) is 24.2 Å². The SMILES string of the molecule is O=C(CCCc1ccccc1)N1CCN(Cc2nnnn2-c2ccc(F)cc2)CC1. The predicted octanol–water partition coefficient (Wildman–Crippen LogP) is 2.47. The van der Waals surface area contributed by atoms with Gasteiger partial charge in [-0.05, 0) is 53.1 Å². The van der Waals surface area contributed by atoms with Gasteiger partial charge in [0.05, 0.1) is 12.2 Å². The van der Waals surface area contributed by atoms with E-state index in [4.69, 9.17) is 0 Å². The molecule has 2 heterocycles. The summed E-state index contributed by atoms with van der Waals surface area (Å²) in [5.74, 6) is 0.629. The molecule has 1 aliphatic rings. The third kappa shape index (κ3) is 5.07. The molecular weight excluding hydrogens is 383 g/mol. The van der Waals surface area contributed by atoms with E-state index in [1.807, 2.05) is 23.1 Å². The highest BCUT2D eigenvalue weighted by Crippen LogP contribution is 2.13. The van der Waals surface area contributed by atoms with E-state index in [1.54, 1.807) is 16.8 Å². The summed E-state index contributed by atoms with van der Waals surface area (Å²) < 4.78 is 14.8. The van der Waals surface area contributed by atoms with Crippen molar-refractivity contribution in [1.29, 1.82) is 0 Å². The van der Waals surface area contributed by atoms with Crippen LogP contribution in [-0.4, -0.2) is 62.1 Å². The average molecular weight is 408 g/mol. The fraction of sp³-hybridized carbons (Fsp3) is 0.364. The number of nitrogens with zero attached hydrogens (tertiary/aromatic N) is 6. The van der Waals surface area contributed by atoms with Gasteiger partial charge in [-0.3, -0.25) is 9.69 Å². The van der Waals surface area contributed by atoms with Crippen LogP contribution in [0.2, 0.25) is 0 Å². The molecule has 3 aromatic rings. The first-order chi connectivity index (χ1) is 14.7. The van der Waals surface area contributed by atoms with Crippen molar-refractivity contribution < 1.29 is 9.18 Å². The molecule has 0 radical (unpaired) electrons. The maximum atomic E-state index is 13.2. The van der Waals surface area contributed by atoms with Crippen molar-refractivity contribution in [2.45, 2.75) is 25.8 Å². The molecule has 0 bridgehead atoms. The van der Waals surface area contributed by atoms with Crippen molar-refractivity contribution in [2.75, 3.05) is 26.2 Å². The van der Waals surface area contributed by atoms with E-state index in [-0.39, 0.29) is 11.7 Å². The fourth-order valence-corrected chi connectivity index (χ4v) is 3.69. The lowest BCUT2D eigenvalue weighted by Gasteiger charge is -2.34. The normalized spacial score (nSPS) is 14.8. The summed E-state index contributed by atoms with van der Waals surface area (Å²) in [5, 5.41) is 11.9. The Morgan fingerprint density at radius 3 is 2.43 bits per heavy atom. The number of halogens is 1. The largest absolute Gasteiger partial charge is 0.340 e. The second-order valence-corrected chi connectivity index (χ2v) is 7.48. The van der Waals surface area contributed by atoms with Gasteiger partial charge in [-0.15, -0.1) is 5.10 Å². The average Bonchev–Trinajstić information content (AvgIpc) is 3.23. The minimum absolute atomic E-state index is 0.224. The third-order valence-corrected chi connectivity index (χ3v) is 5.39. The minimum Gasteiger partial charge on any atom is -0.340 e. The highest BCUT2D eigenvalue weighted by atomic mass is 19.1. The number of benzene rings is 2. The number of rotatable bonds is 7. The summed E-state index contributed by atoms with van der Waals surface area (Å²) in [7, 11) is 0. The lowest BCUT2D eigenvalue weighted by molar-refractivity contribution is -0.133. The van der Waals surface area contributed by atoms with Crippen LogP contribution in [0.3, 0.4) is 0 Å². The van der Waals surface area contributed by atoms with Crippen molar-refractivity contribution in [3.8, 4) is 5.69 Å². The zero-order valence-electron chi connectivity index (χ0n) is 16.8. The van der Waals surface area contributed by atoms with Gasteiger partial charge >= 0.3 is 0 Å². The summed E-state index contributed by atoms with van der Waals surface area (Å²) in [6.45, 7) is 3.56. The van der Waals surface area contributed by atoms with Crippen molar-refractivity contribution in [3.05, 3.63) is 71.8 Å². The van der Waals surface area contributed by atoms with E-state index in [1.165, 1.54) is 17.7 Å². The number of carbonyl (C=O) groups is 1. The van der Waals surface area contributed by atoms with Gasteiger partial charge in [0.25, 0.3) is 0 Å². The van der Waals surface area contributed by atoms with Gasteiger partial charge in [0, 0.05) is 32.6 Å². The lowest BCUT2D eigenvalue weighted by atomic mass is 10.1. The molecule has 0 N–H and O–H groups in total. The van der Waals surface area contributed by atoms with Crippen LogP contribution in [-0.2, 0) is 17.8 Å². The number of hydrogen-bond acceptors (Lipinski definition) is 5. The Hall–Kier alpha value is -3.13. The van der Waals surface area contributed by atoms with Gasteiger partial charge in [-0.25, -0.2) is 4.39 Å². The van der Waals surface area contributed by atoms with E-state index in [2.05, 4.69) is 32.6 Å². The Balaban J connectivity index is 1.25. The van der Waals surface area contributed by atoms with Crippen LogP contribution in [0.15, 0.2) is 54.6 Å². The number of tetrazole rings is 1. The fourth-order valence-electron chi connectivity index (χ4n) is 3.69. The highest BCUT2D eigenvalue weighted by Gasteiger charge is 2.22. The summed E-state index contributed by atoms with van der Waals surface area (Å²) in [5.41, 5.74) is 2.00. The molecular formula is C22H25FN6O. The van der Waals surface area contributed by atoms with Crippen LogP contribution in [0.25, 0.3) is 5.69 Å². The molecule has 4 rings (SSSR count). The first-order valence-electron chi connectivity index (χ1n) is 10.3. The van der Waals surface area contributed by atoms with Crippen LogP contribution in [0.5, 0.6) is 0 Å². The molecule has 30 heavy (non-hydrogen) atoms. The second kappa shape index (κ2) is 9.58. The van der Waals surface area contributed by atoms with E-state index in [9.17, 15) is 9.18 Å². The Bertz CT molecular complexity index is 951. The molecule has 7 nitrogen and oxygen atoms in total. The van der Waals surface area contributed by atoms with Crippen molar-refractivity contribution in [2.24, 2.45) is 0 Å². The molecule has 156 valence electrons. The topological polar surface area (TPSA) is 67.2 Å². The van der Waals surface area contributed by atoms with E-state index in [0.717, 1.165) is 31.6 Å². The Labute approximate surface area is 175 Å². The third-order valence-electron chi connectivity index (χ3n) is 5.39. The van der Waals surface area contributed by atoms with Gasteiger partial charge in [-0.1, -0.05) is 30.3 Å². The van der Waals surface area contributed by atoms with Crippen molar-refractivity contribution >= 4 is 5.91 Å². The summed E-state index contributed by atoms with van der Waals surface area (Å²) >= 11 is 0. The number of carbonyl (C=O) groups excluding carboxylic acids is 1. The second-order valence-electron chi connectivity index (χ2n) is 7.48. The molecule has 1 aromatic heterocycles. The van der Waals surface area contributed by atoms with Gasteiger partial charge in [0.2, 0.25) is 5.91 Å². The molecule has 2 aromatic carbocycles. The first kappa shape index (κ1) is 20.2. The number of piperazine rings is 1. The molecule has 0 aliphatic carbocycles. The van der Waals surface area contributed by atoms with E-state index >= 15 is 0 Å². The van der Waals surface area contributed by atoms with Crippen LogP contribution < -0.4 is 0 Å². The van der Waals surface area contributed by atoms with E-state index < -0.39 is 0 Å². The van der Waals surface area contributed by atoms with Gasteiger partial charge < -0.3 is 4.90 Å². The minimum atomic E-state index is -0.294. The Kier molecular flexibility index (Phi) is 6.44. The number of hydrogen-bond donors (Lipinski definition) is 0. The monoisotopic (exact) mass is 408 g/mol. The lowest BCUT2D eigenvalue weighted by Crippen LogP contribution is -2.48. The molecule has 1 aliphatic heterocycles. The molecule has 8 heteroatoms. The summed E-state index contributed by atoms with van der Waals surface area (Å²) in [6, 6.07) is 16.4. The molecule has 1 amide bonds. The maximum absolute atomic E-state index is 13.2. The van der Waals surface area contributed by atoms with E-state index in [0.29, 0.717) is 31.9 Å². The van der Waals surface area contributed by atoms with Crippen molar-refractivity contribution in [3.63, 3.8) is 0 Å². The number of aromatic nitrogens is 4. The zero-order chi connectivity index (χ0) is 20.8. The molecule has 0 spiro atoms. The quantitative estimate of drug-likeness (QED) is 0.601. The number of amides is 1. The molecule has 0 unspecified atom stereocenters. The van der Waals surface area contributed by atoms with Crippen LogP contribution in [0.4, 0.5) is 4.39 Å². The zero-order valence-corrected chi connectivity index (χ0v) is 16.8. The van der Waals surface area contributed by atoms with Crippen molar-refractivity contribution in [1.82, 2.24) is 30.0 Å². The number of aryl methyl sites for hydroxylation is 1. The predicted molar refractivity (Wildman–Crippen MR) is 110 cm³/mol. The summed E-state index contributed by atoms with van der Waals surface area (Å²) in [4.78, 5) is 16.7. The van der Waals surface area contributed by atoms with Gasteiger partial charge in [0.15, 0.2) is 5.82 Å². The van der Waals surface area contributed by atoms with Crippen LogP contribution >= 0.6 is 0 Å². The van der Waals surface area contributed by atoms with Crippen LogP contribution in [0, 0.1) is 5.82 Å². The summed E-state index contributed by atoms with van der Waals surface area (Å²) in [6.07, 6.45) is 2.38. The molecule has 0 saturated carbocycles. The highest BCUT2D eigenvalue weighted by molar-refractivity contribution is 5.76. The smallest absolute Gasteiger partial charge is 0.222 e. The maximum Gasteiger partial charge on any atom is 0.222 e. The molecule has 1 saturated heterocycles. The van der Waals surface area contributed by atoms with Gasteiger partial charge in [-0.2, -0.15) is 4.68 Å². The van der Waals surface area contributed by atoms with Gasteiger partial charge in [0.1, 0.15) is 5.82 Å². The Morgan fingerprint density at radius 2 is 1.70 bits per heavy atom. The molecule has 1 fully saturated rings.